The lowest BCUT2D eigenvalue weighted by molar-refractivity contribution is 0.469. The van der Waals surface area contributed by atoms with Crippen LogP contribution in [0.4, 0.5) is 0 Å². The van der Waals surface area contributed by atoms with E-state index in [-0.39, 0.29) is 5.56 Å². The minimum absolute atomic E-state index is 0.211. The van der Waals surface area contributed by atoms with Crippen LogP contribution in [0, 0.1) is 5.92 Å². The highest BCUT2D eigenvalue weighted by Crippen LogP contribution is 2.10. The van der Waals surface area contributed by atoms with Crippen LogP contribution in [-0.4, -0.2) is 9.78 Å². The van der Waals surface area contributed by atoms with Crippen molar-refractivity contribution in [2.45, 2.75) is 72.8 Å². The average Bonchev–Trinajstić information content (AvgIpc) is 2.60. The zero-order valence-electron chi connectivity index (χ0n) is 12.4. The van der Waals surface area contributed by atoms with Crippen molar-refractivity contribution in [3.63, 3.8) is 0 Å². The topological polar surface area (TPSA) is 37.8 Å². The van der Waals surface area contributed by atoms with Crippen molar-refractivity contribution in [3.05, 3.63) is 21.6 Å². The Morgan fingerprint density at radius 3 is 2.28 bits per heavy atom. The second-order valence-electron chi connectivity index (χ2n) is 5.59. The highest BCUT2D eigenvalue weighted by molar-refractivity contribution is 5.18. The molecule has 1 N–H and O–H groups in total. The predicted molar refractivity (Wildman–Crippen MR) is 77.1 cm³/mol. The second-order valence-corrected chi connectivity index (χ2v) is 5.59. The van der Waals surface area contributed by atoms with Gasteiger partial charge in [-0.2, -0.15) is 0 Å². The Kier molecular flexibility index (Phi) is 6.23. The lowest BCUT2D eigenvalue weighted by atomic mass is 10.1. The Bertz CT molecular complexity index is 401. The molecule has 18 heavy (non-hydrogen) atoms. The first-order chi connectivity index (χ1) is 8.60. The summed E-state index contributed by atoms with van der Waals surface area (Å²) in [7, 11) is 0. The molecular formula is C15H28N2O. The zero-order valence-corrected chi connectivity index (χ0v) is 12.4. The summed E-state index contributed by atoms with van der Waals surface area (Å²) in [6.07, 6.45) is 6.51. The quantitative estimate of drug-likeness (QED) is 0.755. The number of aromatic nitrogens is 2. The maximum Gasteiger partial charge on any atom is 0.269 e. The number of aryl methyl sites for hydroxylation is 1. The van der Waals surface area contributed by atoms with Crippen LogP contribution < -0.4 is 5.56 Å². The van der Waals surface area contributed by atoms with Crippen molar-refractivity contribution in [2.75, 3.05) is 0 Å². The molecule has 0 bridgehead atoms. The van der Waals surface area contributed by atoms with Gasteiger partial charge in [0.15, 0.2) is 0 Å². The van der Waals surface area contributed by atoms with Gasteiger partial charge in [-0.15, -0.1) is 0 Å². The molecule has 0 aliphatic heterocycles. The number of nitrogens with one attached hydrogen (secondary N) is 1. The third-order valence-electron chi connectivity index (χ3n) is 3.25. The van der Waals surface area contributed by atoms with E-state index in [9.17, 15) is 4.79 Å². The standard InChI is InChI=1S/C15H28N2O/c1-5-7-9-13-14(10-8-6-2)16-17(15(13)18)11-12(3)4/h12,16H,5-11H2,1-4H3. The lowest BCUT2D eigenvalue weighted by Crippen LogP contribution is -2.21. The van der Waals surface area contributed by atoms with Crippen LogP contribution in [0.3, 0.4) is 0 Å². The molecule has 0 aromatic carbocycles. The summed E-state index contributed by atoms with van der Waals surface area (Å²) in [6, 6.07) is 0. The molecule has 104 valence electrons. The predicted octanol–water partition coefficient (Wildman–Crippen LogP) is 3.52. The fourth-order valence-electron chi connectivity index (χ4n) is 2.24. The Labute approximate surface area is 111 Å². The summed E-state index contributed by atoms with van der Waals surface area (Å²) < 4.78 is 1.81. The van der Waals surface area contributed by atoms with E-state index in [4.69, 9.17) is 0 Å². The van der Waals surface area contributed by atoms with E-state index in [2.05, 4.69) is 32.8 Å². The van der Waals surface area contributed by atoms with E-state index < -0.39 is 0 Å². The molecule has 0 saturated carbocycles. The van der Waals surface area contributed by atoms with E-state index >= 15 is 0 Å². The number of rotatable bonds is 8. The molecule has 3 nitrogen and oxygen atoms in total. The van der Waals surface area contributed by atoms with Crippen molar-refractivity contribution >= 4 is 0 Å². The van der Waals surface area contributed by atoms with E-state index in [0.717, 1.165) is 44.2 Å². The monoisotopic (exact) mass is 252 g/mol. The number of nitrogens with zero attached hydrogens (tertiary/aromatic N) is 1. The van der Waals surface area contributed by atoms with Crippen molar-refractivity contribution < 1.29 is 0 Å². The van der Waals surface area contributed by atoms with Gasteiger partial charge in [0.05, 0.1) is 0 Å². The Morgan fingerprint density at radius 2 is 1.72 bits per heavy atom. The summed E-state index contributed by atoms with van der Waals surface area (Å²) in [4.78, 5) is 12.3. The van der Waals surface area contributed by atoms with Crippen LogP contribution >= 0.6 is 0 Å². The number of hydrogen-bond acceptors (Lipinski definition) is 1. The highest BCUT2D eigenvalue weighted by Gasteiger charge is 2.13. The first kappa shape index (κ1) is 15.1. The first-order valence-electron chi connectivity index (χ1n) is 7.40. The molecule has 0 spiro atoms. The van der Waals surface area contributed by atoms with E-state index in [1.54, 1.807) is 4.68 Å². The van der Waals surface area contributed by atoms with Crippen molar-refractivity contribution in [3.8, 4) is 0 Å². The number of unbranched alkanes of at least 4 members (excludes halogenated alkanes) is 2. The van der Waals surface area contributed by atoms with Gasteiger partial charge in [0.1, 0.15) is 0 Å². The van der Waals surface area contributed by atoms with Gasteiger partial charge >= 0.3 is 0 Å². The molecule has 1 heterocycles. The molecule has 0 saturated heterocycles. The second kappa shape index (κ2) is 7.45. The Hall–Kier alpha value is -0.990. The van der Waals surface area contributed by atoms with Crippen molar-refractivity contribution in [1.82, 2.24) is 9.78 Å². The van der Waals surface area contributed by atoms with Crippen LogP contribution in [0.1, 0.15) is 64.6 Å². The minimum Gasteiger partial charge on any atom is -0.299 e. The molecule has 0 aliphatic rings. The molecule has 1 aromatic heterocycles. The Balaban J connectivity index is 2.94. The van der Waals surface area contributed by atoms with Gasteiger partial charge in [0.2, 0.25) is 0 Å². The fraction of sp³-hybridized carbons (Fsp3) is 0.800. The van der Waals surface area contributed by atoms with Gasteiger partial charge in [0.25, 0.3) is 5.56 Å². The summed E-state index contributed by atoms with van der Waals surface area (Å²) in [5.41, 5.74) is 2.42. The Morgan fingerprint density at radius 1 is 1.11 bits per heavy atom. The van der Waals surface area contributed by atoms with Crippen LogP contribution in [0.15, 0.2) is 4.79 Å². The van der Waals surface area contributed by atoms with Crippen LogP contribution in [0.2, 0.25) is 0 Å². The summed E-state index contributed by atoms with van der Waals surface area (Å²) in [5, 5.41) is 3.33. The maximum atomic E-state index is 12.3. The molecule has 0 unspecified atom stereocenters. The molecule has 0 fully saturated rings. The lowest BCUT2D eigenvalue weighted by Gasteiger charge is -2.04. The molecule has 1 rings (SSSR count). The first-order valence-corrected chi connectivity index (χ1v) is 7.40. The van der Waals surface area contributed by atoms with Crippen LogP contribution in [0.5, 0.6) is 0 Å². The SMILES string of the molecule is CCCCc1[nH]n(CC(C)C)c(=O)c1CCCC. The van der Waals surface area contributed by atoms with Crippen molar-refractivity contribution in [1.29, 1.82) is 0 Å². The van der Waals surface area contributed by atoms with Crippen molar-refractivity contribution in [2.24, 2.45) is 5.92 Å². The smallest absolute Gasteiger partial charge is 0.269 e. The van der Waals surface area contributed by atoms with Crippen LogP contribution in [0.25, 0.3) is 0 Å². The van der Waals surface area contributed by atoms with Gasteiger partial charge in [-0.05, 0) is 31.6 Å². The maximum absolute atomic E-state index is 12.3. The highest BCUT2D eigenvalue weighted by atomic mass is 16.1. The van der Waals surface area contributed by atoms with E-state index in [1.165, 1.54) is 12.1 Å². The van der Waals surface area contributed by atoms with Gasteiger partial charge in [-0.1, -0.05) is 40.5 Å². The average molecular weight is 252 g/mol. The van der Waals surface area contributed by atoms with Gasteiger partial charge in [0, 0.05) is 17.8 Å². The molecule has 0 amide bonds. The summed E-state index contributed by atoms with van der Waals surface area (Å²) >= 11 is 0. The molecule has 0 aliphatic carbocycles. The third-order valence-corrected chi connectivity index (χ3v) is 3.25. The van der Waals surface area contributed by atoms with E-state index in [1.807, 2.05) is 0 Å². The largest absolute Gasteiger partial charge is 0.299 e. The molecule has 0 radical (unpaired) electrons. The molecule has 0 atom stereocenters. The summed E-state index contributed by atoms with van der Waals surface area (Å²) in [6.45, 7) is 9.44. The molecule has 3 heteroatoms. The fourth-order valence-corrected chi connectivity index (χ4v) is 2.24. The number of H-pyrrole nitrogens is 1. The third kappa shape index (κ3) is 4.04. The zero-order chi connectivity index (χ0) is 13.5. The minimum atomic E-state index is 0.211. The van der Waals surface area contributed by atoms with Gasteiger partial charge in [-0.25, -0.2) is 0 Å². The number of aromatic amines is 1. The summed E-state index contributed by atoms with van der Waals surface area (Å²) in [5.74, 6) is 0.499. The van der Waals surface area contributed by atoms with E-state index in [0.29, 0.717) is 5.92 Å². The number of hydrogen-bond donors (Lipinski definition) is 1. The van der Waals surface area contributed by atoms with Crippen LogP contribution in [-0.2, 0) is 19.4 Å². The molecule has 1 aromatic rings. The van der Waals surface area contributed by atoms with Gasteiger partial charge in [-0.3, -0.25) is 14.6 Å². The molecular weight excluding hydrogens is 224 g/mol. The van der Waals surface area contributed by atoms with Gasteiger partial charge < -0.3 is 0 Å². The normalized spacial score (nSPS) is 11.4.